The molecule has 0 amide bonds. The van der Waals surface area contributed by atoms with Crippen LogP contribution in [0.2, 0.25) is 5.02 Å². The van der Waals surface area contributed by atoms with Gasteiger partial charge in [-0.3, -0.25) is 4.79 Å². The molecule has 0 aliphatic rings. The van der Waals surface area contributed by atoms with Crippen LogP contribution in [0.5, 0.6) is 0 Å². The lowest BCUT2D eigenvalue weighted by atomic mass is 10.1. The second-order valence-corrected chi connectivity index (χ2v) is 8.49. The first-order valence-corrected chi connectivity index (χ1v) is 10.2. The maximum atomic E-state index is 12.2. The van der Waals surface area contributed by atoms with Crippen LogP contribution in [-0.4, -0.2) is 19.9 Å². The van der Waals surface area contributed by atoms with Gasteiger partial charge >= 0.3 is 0 Å². The van der Waals surface area contributed by atoms with Gasteiger partial charge in [-0.25, -0.2) is 13.1 Å². The number of rotatable bonds is 6. The molecule has 3 rings (SSSR count). The molecular weight excluding hydrogens is 372 g/mol. The number of hydrogen-bond acceptors (Lipinski definition) is 3. The van der Waals surface area contributed by atoms with Gasteiger partial charge in [-0.2, -0.15) is 0 Å². The van der Waals surface area contributed by atoms with E-state index < -0.39 is 10.0 Å². The van der Waals surface area contributed by atoms with E-state index in [1.807, 2.05) is 31.2 Å². The monoisotopic (exact) mass is 390 g/mol. The summed E-state index contributed by atoms with van der Waals surface area (Å²) in [5.41, 5.74) is 2.88. The van der Waals surface area contributed by atoms with E-state index in [1.165, 1.54) is 0 Å². The summed E-state index contributed by atoms with van der Waals surface area (Å²) in [5, 5.41) is 1.49. The fourth-order valence-electron chi connectivity index (χ4n) is 2.75. The Labute approximate surface area is 157 Å². The molecule has 2 aromatic carbocycles. The highest BCUT2D eigenvalue weighted by molar-refractivity contribution is 7.88. The second kappa shape index (κ2) is 7.61. The van der Waals surface area contributed by atoms with Crippen molar-refractivity contribution in [1.29, 1.82) is 0 Å². The molecule has 5 nitrogen and oxygen atoms in total. The summed E-state index contributed by atoms with van der Waals surface area (Å²) >= 11 is 5.80. The van der Waals surface area contributed by atoms with Crippen molar-refractivity contribution in [1.82, 2.24) is 9.71 Å². The Bertz CT molecular complexity index is 1090. The molecular formula is C19H19ClN2O3S. The van der Waals surface area contributed by atoms with E-state index in [2.05, 4.69) is 9.71 Å². The molecule has 0 aliphatic carbocycles. The fourth-order valence-corrected chi connectivity index (χ4v) is 4.02. The van der Waals surface area contributed by atoms with Gasteiger partial charge in [-0.1, -0.05) is 35.4 Å². The third-order valence-corrected chi connectivity index (χ3v) is 5.67. The molecule has 0 unspecified atom stereocenters. The van der Waals surface area contributed by atoms with Crippen molar-refractivity contribution in [3.05, 3.63) is 80.6 Å². The highest BCUT2D eigenvalue weighted by atomic mass is 35.5. The summed E-state index contributed by atoms with van der Waals surface area (Å²) in [6.45, 7) is 2.14. The quantitative estimate of drug-likeness (QED) is 0.678. The molecule has 136 valence electrons. The van der Waals surface area contributed by atoms with Crippen LogP contribution in [0.1, 0.15) is 16.7 Å². The molecule has 7 heteroatoms. The molecule has 3 aromatic rings. The summed E-state index contributed by atoms with van der Waals surface area (Å²) in [6.07, 6.45) is 0.319. The van der Waals surface area contributed by atoms with Crippen LogP contribution in [0.25, 0.3) is 10.9 Å². The summed E-state index contributed by atoms with van der Waals surface area (Å²) in [5.74, 6) is -0.128. The van der Waals surface area contributed by atoms with Crippen LogP contribution in [-0.2, 0) is 22.2 Å². The number of benzene rings is 2. The van der Waals surface area contributed by atoms with Gasteiger partial charge in [-0.15, -0.1) is 0 Å². The van der Waals surface area contributed by atoms with Crippen molar-refractivity contribution in [2.75, 3.05) is 6.54 Å². The SMILES string of the molecule is Cc1ccc2[nH]c(=O)c(CCNS(=O)(=O)Cc3ccc(Cl)cc3)cc2c1. The lowest BCUT2D eigenvalue weighted by Crippen LogP contribution is -2.28. The molecule has 0 spiro atoms. The number of aromatic amines is 1. The van der Waals surface area contributed by atoms with Crippen molar-refractivity contribution in [2.45, 2.75) is 19.1 Å². The fraction of sp³-hybridized carbons (Fsp3) is 0.211. The maximum Gasteiger partial charge on any atom is 0.251 e. The van der Waals surface area contributed by atoms with Crippen molar-refractivity contribution < 1.29 is 8.42 Å². The lowest BCUT2D eigenvalue weighted by Gasteiger charge is -2.08. The number of hydrogen-bond donors (Lipinski definition) is 2. The van der Waals surface area contributed by atoms with Crippen molar-refractivity contribution in [2.24, 2.45) is 0 Å². The first-order valence-electron chi connectivity index (χ1n) is 8.17. The topological polar surface area (TPSA) is 79.0 Å². The molecule has 0 saturated heterocycles. The van der Waals surface area contributed by atoms with Gasteiger partial charge in [0.05, 0.1) is 5.75 Å². The van der Waals surface area contributed by atoms with Gasteiger partial charge in [0.15, 0.2) is 0 Å². The predicted molar refractivity (Wildman–Crippen MR) is 105 cm³/mol. The smallest absolute Gasteiger partial charge is 0.251 e. The van der Waals surface area contributed by atoms with Gasteiger partial charge in [-0.05, 0) is 54.6 Å². The molecule has 0 radical (unpaired) electrons. The largest absolute Gasteiger partial charge is 0.322 e. The molecule has 0 fully saturated rings. The minimum Gasteiger partial charge on any atom is -0.322 e. The van der Waals surface area contributed by atoms with Gasteiger partial charge in [0, 0.05) is 22.6 Å². The van der Waals surface area contributed by atoms with Crippen LogP contribution >= 0.6 is 11.6 Å². The summed E-state index contributed by atoms with van der Waals surface area (Å²) < 4.78 is 26.9. The molecule has 0 atom stereocenters. The Morgan fingerprint density at radius 2 is 1.81 bits per heavy atom. The Kier molecular flexibility index (Phi) is 5.46. The zero-order valence-electron chi connectivity index (χ0n) is 14.3. The zero-order valence-corrected chi connectivity index (χ0v) is 15.8. The lowest BCUT2D eigenvalue weighted by molar-refractivity contribution is 0.580. The van der Waals surface area contributed by atoms with Crippen LogP contribution in [0, 0.1) is 6.92 Å². The van der Waals surface area contributed by atoms with Crippen LogP contribution in [0.3, 0.4) is 0 Å². The van der Waals surface area contributed by atoms with Crippen molar-refractivity contribution in [3.8, 4) is 0 Å². The predicted octanol–water partition coefficient (Wildman–Crippen LogP) is 3.15. The number of nitrogens with one attached hydrogen (secondary N) is 2. The molecule has 26 heavy (non-hydrogen) atoms. The summed E-state index contributed by atoms with van der Waals surface area (Å²) in [7, 11) is -3.49. The van der Waals surface area contributed by atoms with Crippen LogP contribution in [0.4, 0.5) is 0 Å². The molecule has 0 bridgehead atoms. The van der Waals surface area contributed by atoms with E-state index in [0.29, 0.717) is 22.6 Å². The first kappa shape index (κ1) is 18.6. The minimum atomic E-state index is -3.49. The van der Waals surface area contributed by atoms with Gasteiger partial charge in [0.1, 0.15) is 0 Å². The number of fused-ring (bicyclic) bond motifs is 1. The molecule has 1 heterocycles. The molecule has 2 N–H and O–H groups in total. The number of aryl methyl sites for hydroxylation is 1. The number of aromatic nitrogens is 1. The van der Waals surface area contributed by atoms with E-state index in [9.17, 15) is 13.2 Å². The van der Waals surface area contributed by atoms with E-state index in [1.54, 1.807) is 24.3 Å². The Morgan fingerprint density at radius 3 is 2.54 bits per heavy atom. The molecule has 0 saturated carbocycles. The standard InChI is InChI=1S/C19H19ClN2O3S/c1-13-2-7-18-16(10-13)11-15(19(23)22-18)8-9-21-26(24,25)12-14-3-5-17(20)6-4-14/h2-7,10-11,21H,8-9,12H2,1H3,(H,22,23). The first-order chi connectivity index (χ1) is 12.3. The number of pyridine rings is 1. The van der Waals surface area contributed by atoms with Gasteiger partial charge < -0.3 is 4.98 Å². The van der Waals surface area contributed by atoms with Crippen molar-refractivity contribution in [3.63, 3.8) is 0 Å². The summed E-state index contributed by atoms with van der Waals surface area (Å²) in [4.78, 5) is 15.0. The van der Waals surface area contributed by atoms with Crippen LogP contribution < -0.4 is 10.3 Å². The number of H-pyrrole nitrogens is 1. The third-order valence-electron chi connectivity index (χ3n) is 4.06. The Balaban J connectivity index is 1.67. The number of halogens is 1. The zero-order chi connectivity index (χ0) is 18.7. The van der Waals surface area contributed by atoms with E-state index in [4.69, 9.17) is 11.6 Å². The average molecular weight is 391 g/mol. The van der Waals surface area contributed by atoms with E-state index in [-0.39, 0.29) is 17.9 Å². The summed E-state index contributed by atoms with van der Waals surface area (Å²) in [6, 6.07) is 14.3. The van der Waals surface area contributed by atoms with Gasteiger partial charge in [0.25, 0.3) is 5.56 Å². The molecule has 1 aromatic heterocycles. The highest BCUT2D eigenvalue weighted by Crippen LogP contribution is 2.14. The Morgan fingerprint density at radius 1 is 1.08 bits per heavy atom. The van der Waals surface area contributed by atoms with E-state index in [0.717, 1.165) is 16.5 Å². The number of sulfonamides is 1. The third kappa shape index (κ3) is 4.72. The maximum absolute atomic E-state index is 12.2. The minimum absolute atomic E-state index is 0.128. The average Bonchev–Trinajstić information content (AvgIpc) is 2.57. The normalized spacial score (nSPS) is 11.8. The Hall–Kier alpha value is -2.15. The van der Waals surface area contributed by atoms with Crippen molar-refractivity contribution >= 4 is 32.5 Å². The van der Waals surface area contributed by atoms with Crippen LogP contribution in [0.15, 0.2) is 53.3 Å². The highest BCUT2D eigenvalue weighted by Gasteiger charge is 2.12. The molecule has 0 aliphatic heterocycles. The van der Waals surface area contributed by atoms with Gasteiger partial charge in [0.2, 0.25) is 10.0 Å². The second-order valence-electron chi connectivity index (χ2n) is 6.24. The van der Waals surface area contributed by atoms with E-state index >= 15 is 0 Å².